The van der Waals surface area contributed by atoms with Crippen molar-refractivity contribution in [2.45, 2.75) is 32.9 Å². The Bertz CT molecular complexity index is 508. The minimum Gasteiger partial charge on any atom is -0.309 e. The van der Waals surface area contributed by atoms with Crippen molar-refractivity contribution in [3.05, 3.63) is 40.6 Å². The lowest BCUT2D eigenvalue weighted by molar-refractivity contribution is 0.500. The molecule has 6 heteroatoms. The van der Waals surface area contributed by atoms with E-state index in [1.54, 1.807) is 6.33 Å². The average Bonchev–Trinajstić information content (AvgIpc) is 2.86. The van der Waals surface area contributed by atoms with Crippen molar-refractivity contribution in [2.24, 2.45) is 0 Å². The molecule has 0 radical (unpaired) electrons. The molecule has 2 rings (SSSR count). The Balaban J connectivity index is 2.18. The Morgan fingerprint density at radius 2 is 2.16 bits per heavy atom. The number of nitrogens with zero attached hydrogens (tertiary/aromatic N) is 4. The second-order valence-electron chi connectivity index (χ2n) is 4.21. The van der Waals surface area contributed by atoms with E-state index in [4.69, 9.17) is 0 Å². The number of nitrogens with one attached hydrogen (secondary N) is 1. The van der Waals surface area contributed by atoms with E-state index < -0.39 is 0 Å². The summed E-state index contributed by atoms with van der Waals surface area (Å²) in [5.41, 5.74) is 1.02. The van der Waals surface area contributed by atoms with Crippen LogP contribution in [0.15, 0.2) is 29.1 Å². The summed E-state index contributed by atoms with van der Waals surface area (Å²) in [5, 5.41) is 7.65. The molecular formula is C13H18BrN5. The molecule has 0 aliphatic rings. The molecule has 5 nitrogen and oxygen atoms in total. The Morgan fingerprint density at radius 3 is 2.79 bits per heavy atom. The molecule has 1 atom stereocenters. The molecule has 1 N–H and O–H groups in total. The average molecular weight is 324 g/mol. The van der Waals surface area contributed by atoms with E-state index in [1.807, 2.05) is 23.0 Å². The van der Waals surface area contributed by atoms with E-state index in [0.29, 0.717) is 0 Å². The minimum atomic E-state index is 0.160. The first-order chi connectivity index (χ1) is 9.24. The molecular weight excluding hydrogens is 306 g/mol. The predicted octanol–water partition coefficient (Wildman–Crippen LogP) is 2.35. The third kappa shape index (κ3) is 3.61. The van der Waals surface area contributed by atoms with Gasteiger partial charge < -0.3 is 5.32 Å². The van der Waals surface area contributed by atoms with Gasteiger partial charge in [0.05, 0.1) is 11.7 Å². The highest BCUT2D eigenvalue weighted by atomic mass is 79.9. The molecule has 19 heavy (non-hydrogen) atoms. The Kier molecular flexibility index (Phi) is 5.04. The summed E-state index contributed by atoms with van der Waals surface area (Å²) in [4.78, 5) is 8.79. The zero-order valence-electron chi connectivity index (χ0n) is 11.2. The molecule has 102 valence electrons. The zero-order chi connectivity index (χ0) is 13.7. The second kappa shape index (κ2) is 6.77. The predicted molar refractivity (Wildman–Crippen MR) is 77.8 cm³/mol. The summed E-state index contributed by atoms with van der Waals surface area (Å²) in [6, 6.07) is 4.20. The topological polar surface area (TPSA) is 55.6 Å². The molecule has 0 aliphatic carbocycles. The fourth-order valence-corrected chi connectivity index (χ4v) is 2.25. The summed E-state index contributed by atoms with van der Waals surface area (Å²) in [7, 11) is 0. The minimum absolute atomic E-state index is 0.160. The van der Waals surface area contributed by atoms with Crippen LogP contribution in [0.3, 0.4) is 0 Å². The lowest BCUT2D eigenvalue weighted by Crippen LogP contribution is -2.25. The molecule has 0 aliphatic heterocycles. The van der Waals surface area contributed by atoms with Gasteiger partial charge in [0.15, 0.2) is 0 Å². The Labute approximate surface area is 121 Å². The summed E-state index contributed by atoms with van der Waals surface area (Å²) in [5.74, 6) is 0.984. The van der Waals surface area contributed by atoms with Crippen LogP contribution < -0.4 is 5.32 Å². The normalized spacial score (nSPS) is 12.6. The largest absolute Gasteiger partial charge is 0.309 e. The van der Waals surface area contributed by atoms with Gasteiger partial charge in [-0.3, -0.25) is 9.67 Å². The van der Waals surface area contributed by atoms with Crippen molar-refractivity contribution in [1.29, 1.82) is 0 Å². The van der Waals surface area contributed by atoms with E-state index >= 15 is 0 Å². The van der Waals surface area contributed by atoms with Crippen LogP contribution in [-0.2, 0) is 13.0 Å². The maximum atomic E-state index is 4.47. The first kappa shape index (κ1) is 14.1. The molecule has 1 unspecified atom stereocenters. The van der Waals surface area contributed by atoms with Crippen LogP contribution in [0.2, 0.25) is 0 Å². The van der Waals surface area contributed by atoms with Crippen molar-refractivity contribution in [3.63, 3.8) is 0 Å². The summed E-state index contributed by atoms with van der Waals surface area (Å²) < 4.78 is 2.91. The maximum absolute atomic E-state index is 4.47. The third-order valence-corrected chi connectivity index (χ3v) is 3.41. The highest BCUT2D eigenvalue weighted by Gasteiger charge is 2.15. The number of halogens is 1. The van der Waals surface area contributed by atoms with Gasteiger partial charge in [0.2, 0.25) is 0 Å². The number of aryl methyl sites for hydroxylation is 1. The molecule has 0 bridgehead atoms. The van der Waals surface area contributed by atoms with Gasteiger partial charge in [-0.2, -0.15) is 5.10 Å². The van der Waals surface area contributed by atoms with Crippen molar-refractivity contribution in [3.8, 4) is 0 Å². The molecule has 0 aromatic carbocycles. The molecule has 0 saturated carbocycles. The van der Waals surface area contributed by atoms with Crippen LogP contribution in [0.5, 0.6) is 0 Å². The molecule has 2 aromatic heterocycles. The number of hydrogen-bond acceptors (Lipinski definition) is 4. The fourth-order valence-electron chi connectivity index (χ4n) is 2.01. The molecule has 0 saturated heterocycles. The quantitative estimate of drug-likeness (QED) is 0.886. The van der Waals surface area contributed by atoms with Gasteiger partial charge in [0.1, 0.15) is 12.2 Å². The summed E-state index contributed by atoms with van der Waals surface area (Å²) >= 11 is 3.41. The molecule has 0 fully saturated rings. The van der Waals surface area contributed by atoms with Crippen molar-refractivity contribution in [2.75, 3.05) is 6.54 Å². The SMILES string of the molecule is CCNC(Cc1ncnn1CC)c1ccc(Br)cn1. The summed E-state index contributed by atoms with van der Waals surface area (Å²) in [6.45, 7) is 5.89. The molecule has 0 spiro atoms. The second-order valence-corrected chi connectivity index (χ2v) is 5.12. The first-order valence-electron chi connectivity index (χ1n) is 6.46. The van der Waals surface area contributed by atoms with Crippen LogP contribution in [0.4, 0.5) is 0 Å². The van der Waals surface area contributed by atoms with Crippen molar-refractivity contribution >= 4 is 15.9 Å². The monoisotopic (exact) mass is 323 g/mol. The van der Waals surface area contributed by atoms with Crippen LogP contribution in [-0.4, -0.2) is 26.3 Å². The molecule has 2 heterocycles. The number of likely N-dealkylation sites (N-methyl/N-ethyl adjacent to an activating group) is 1. The number of pyridine rings is 1. The highest BCUT2D eigenvalue weighted by molar-refractivity contribution is 9.10. The van der Waals surface area contributed by atoms with Crippen LogP contribution in [0.1, 0.15) is 31.4 Å². The van der Waals surface area contributed by atoms with E-state index in [1.165, 1.54) is 0 Å². The van der Waals surface area contributed by atoms with E-state index in [9.17, 15) is 0 Å². The Morgan fingerprint density at radius 1 is 1.32 bits per heavy atom. The van der Waals surface area contributed by atoms with Crippen LogP contribution in [0, 0.1) is 0 Å². The van der Waals surface area contributed by atoms with Gasteiger partial charge >= 0.3 is 0 Å². The highest BCUT2D eigenvalue weighted by Crippen LogP contribution is 2.17. The van der Waals surface area contributed by atoms with Crippen LogP contribution >= 0.6 is 15.9 Å². The lowest BCUT2D eigenvalue weighted by atomic mass is 10.1. The van der Waals surface area contributed by atoms with Crippen molar-refractivity contribution < 1.29 is 0 Å². The Hall–Kier alpha value is -1.27. The first-order valence-corrected chi connectivity index (χ1v) is 7.25. The van der Waals surface area contributed by atoms with Gasteiger partial charge in [-0.15, -0.1) is 0 Å². The summed E-state index contributed by atoms with van der Waals surface area (Å²) in [6.07, 6.45) is 4.22. The van der Waals surface area contributed by atoms with Gasteiger partial charge in [-0.25, -0.2) is 4.98 Å². The third-order valence-electron chi connectivity index (χ3n) is 2.94. The fraction of sp³-hybridized carbons (Fsp3) is 0.462. The molecule has 0 amide bonds. The zero-order valence-corrected chi connectivity index (χ0v) is 12.8. The van der Waals surface area contributed by atoms with E-state index in [2.05, 4.69) is 50.2 Å². The van der Waals surface area contributed by atoms with Crippen molar-refractivity contribution in [1.82, 2.24) is 25.1 Å². The van der Waals surface area contributed by atoms with Gasteiger partial charge in [-0.05, 0) is 41.5 Å². The number of aromatic nitrogens is 4. The lowest BCUT2D eigenvalue weighted by Gasteiger charge is -2.17. The standard InChI is InChI=1S/C13H18BrN5/c1-3-15-12(11-6-5-10(14)8-16-11)7-13-17-9-18-19(13)4-2/h5-6,8-9,12,15H,3-4,7H2,1-2H3. The van der Waals surface area contributed by atoms with E-state index in [0.717, 1.165) is 35.5 Å². The van der Waals surface area contributed by atoms with Gasteiger partial charge in [0.25, 0.3) is 0 Å². The molecule has 2 aromatic rings. The number of rotatable bonds is 6. The van der Waals surface area contributed by atoms with E-state index in [-0.39, 0.29) is 6.04 Å². The number of hydrogen-bond donors (Lipinski definition) is 1. The van der Waals surface area contributed by atoms with Gasteiger partial charge in [0, 0.05) is 23.6 Å². The van der Waals surface area contributed by atoms with Crippen LogP contribution in [0.25, 0.3) is 0 Å². The van der Waals surface area contributed by atoms with Gasteiger partial charge in [-0.1, -0.05) is 6.92 Å². The maximum Gasteiger partial charge on any atom is 0.138 e. The smallest absolute Gasteiger partial charge is 0.138 e.